The lowest BCUT2D eigenvalue weighted by Gasteiger charge is -2.09. The highest BCUT2D eigenvalue weighted by molar-refractivity contribution is 7.09. The number of rotatable bonds is 5. The maximum atomic E-state index is 12.2. The minimum Gasteiger partial charge on any atom is -0.366 e. The van der Waals surface area contributed by atoms with E-state index in [1.54, 1.807) is 30.5 Å². The predicted octanol–water partition coefficient (Wildman–Crippen LogP) is 1.30. The molecule has 0 spiro atoms. The Balaban J connectivity index is 2.19. The molecule has 0 fully saturated rings. The standard InChI is InChI=1S/C14H16N4O2S/c1-8-9(13(16)19)3-2-4-10(8)18-14(20)11-7-21-12(17-11)5-6-15/h2-4,7H,5-6,15H2,1H3,(H2,16,19)(H,18,20). The van der Waals surface area contributed by atoms with E-state index in [2.05, 4.69) is 10.3 Å². The fourth-order valence-corrected chi connectivity index (χ4v) is 2.67. The van der Waals surface area contributed by atoms with Gasteiger partial charge in [-0.2, -0.15) is 0 Å². The normalized spacial score (nSPS) is 10.4. The van der Waals surface area contributed by atoms with E-state index in [9.17, 15) is 9.59 Å². The Morgan fingerprint density at radius 3 is 2.81 bits per heavy atom. The van der Waals surface area contributed by atoms with Crippen molar-refractivity contribution in [1.82, 2.24) is 4.98 Å². The molecule has 0 aliphatic carbocycles. The van der Waals surface area contributed by atoms with Gasteiger partial charge in [0.05, 0.1) is 5.01 Å². The maximum absolute atomic E-state index is 12.2. The van der Waals surface area contributed by atoms with Crippen molar-refractivity contribution in [3.63, 3.8) is 0 Å². The zero-order valence-electron chi connectivity index (χ0n) is 11.6. The van der Waals surface area contributed by atoms with Crippen LogP contribution in [0.2, 0.25) is 0 Å². The maximum Gasteiger partial charge on any atom is 0.275 e. The van der Waals surface area contributed by atoms with E-state index in [1.807, 2.05) is 0 Å². The van der Waals surface area contributed by atoms with Crippen LogP contribution in [0.5, 0.6) is 0 Å². The molecule has 6 nitrogen and oxygen atoms in total. The van der Waals surface area contributed by atoms with Gasteiger partial charge in [0.15, 0.2) is 0 Å². The van der Waals surface area contributed by atoms with Crippen molar-refractivity contribution in [3.05, 3.63) is 45.4 Å². The van der Waals surface area contributed by atoms with Crippen LogP contribution >= 0.6 is 11.3 Å². The number of carbonyl (C=O) groups is 2. The van der Waals surface area contributed by atoms with Gasteiger partial charge in [0.25, 0.3) is 5.91 Å². The topological polar surface area (TPSA) is 111 Å². The van der Waals surface area contributed by atoms with Crippen LogP contribution in [0.15, 0.2) is 23.6 Å². The van der Waals surface area contributed by atoms with E-state index < -0.39 is 5.91 Å². The number of hydrogen-bond donors (Lipinski definition) is 3. The van der Waals surface area contributed by atoms with Gasteiger partial charge in [-0.25, -0.2) is 4.98 Å². The molecule has 0 bridgehead atoms. The van der Waals surface area contributed by atoms with Crippen molar-refractivity contribution in [2.75, 3.05) is 11.9 Å². The molecule has 2 rings (SSSR count). The predicted molar refractivity (Wildman–Crippen MR) is 82.5 cm³/mol. The Hall–Kier alpha value is -2.25. The summed E-state index contributed by atoms with van der Waals surface area (Å²) < 4.78 is 0. The molecule has 110 valence electrons. The second-order valence-corrected chi connectivity index (χ2v) is 5.40. The lowest BCUT2D eigenvalue weighted by Crippen LogP contribution is -2.17. The molecule has 2 aromatic rings. The number of aromatic nitrogens is 1. The zero-order chi connectivity index (χ0) is 15.4. The second kappa shape index (κ2) is 6.47. The number of primary amides is 1. The quantitative estimate of drug-likeness (QED) is 0.773. The number of anilines is 1. The first kappa shape index (κ1) is 15.1. The van der Waals surface area contributed by atoms with E-state index in [0.717, 1.165) is 5.01 Å². The molecule has 5 N–H and O–H groups in total. The Morgan fingerprint density at radius 2 is 2.14 bits per heavy atom. The van der Waals surface area contributed by atoms with Crippen LogP contribution in [0.4, 0.5) is 5.69 Å². The second-order valence-electron chi connectivity index (χ2n) is 4.46. The van der Waals surface area contributed by atoms with Crippen molar-refractivity contribution < 1.29 is 9.59 Å². The number of nitrogens with zero attached hydrogens (tertiary/aromatic N) is 1. The van der Waals surface area contributed by atoms with Crippen molar-refractivity contribution >= 4 is 28.8 Å². The summed E-state index contributed by atoms with van der Waals surface area (Å²) in [4.78, 5) is 27.7. The lowest BCUT2D eigenvalue weighted by atomic mass is 10.1. The van der Waals surface area contributed by atoms with Crippen LogP contribution in [0.3, 0.4) is 0 Å². The van der Waals surface area contributed by atoms with Gasteiger partial charge in [0.2, 0.25) is 5.91 Å². The highest BCUT2D eigenvalue weighted by Crippen LogP contribution is 2.20. The van der Waals surface area contributed by atoms with E-state index >= 15 is 0 Å². The van der Waals surface area contributed by atoms with Crippen molar-refractivity contribution in [3.8, 4) is 0 Å². The van der Waals surface area contributed by atoms with Gasteiger partial charge < -0.3 is 16.8 Å². The summed E-state index contributed by atoms with van der Waals surface area (Å²) in [5.74, 6) is -0.846. The fraction of sp³-hybridized carbons (Fsp3) is 0.214. The number of amides is 2. The van der Waals surface area contributed by atoms with Gasteiger partial charge in [-0.15, -0.1) is 11.3 Å². The van der Waals surface area contributed by atoms with Crippen LogP contribution in [-0.2, 0) is 6.42 Å². The molecule has 0 saturated carbocycles. The van der Waals surface area contributed by atoms with Gasteiger partial charge in [-0.05, 0) is 31.2 Å². The van der Waals surface area contributed by atoms with E-state index in [4.69, 9.17) is 11.5 Å². The molecule has 1 aromatic heterocycles. The van der Waals surface area contributed by atoms with Crippen LogP contribution < -0.4 is 16.8 Å². The average Bonchev–Trinajstić information content (AvgIpc) is 2.90. The summed E-state index contributed by atoms with van der Waals surface area (Å²) in [6.45, 7) is 2.23. The SMILES string of the molecule is Cc1c(NC(=O)c2csc(CCN)n2)cccc1C(N)=O. The third-order valence-electron chi connectivity index (χ3n) is 2.99. The molecule has 1 heterocycles. The molecule has 0 saturated heterocycles. The lowest BCUT2D eigenvalue weighted by molar-refractivity contribution is 0.0995. The van der Waals surface area contributed by atoms with Gasteiger partial charge in [-0.1, -0.05) is 6.07 Å². The Labute approximate surface area is 126 Å². The molecule has 0 aliphatic rings. The third-order valence-corrected chi connectivity index (χ3v) is 3.90. The molecule has 2 amide bonds. The van der Waals surface area contributed by atoms with E-state index in [0.29, 0.717) is 35.5 Å². The molecule has 0 unspecified atom stereocenters. The summed E-state index contributed by atoms with van der Waals surface area (Å²) in [6, 6.07) is 5.01. The van der Waals surface area contributed by atoms with E-state index in [-0.39, 0.29) is 5.91 Å². The van der Waals surface area contributed by atoms with E-state index in [1.165, 1.54) is 11.3 Å². The molecular weight excluding hydrogens is 288 g/mol. The number of carbonyl (C=O) groups excluding carboxylic acids is 2. The van der Waals surface area contributed by atoms with Crippen LogP contribution in [0.1, 0.15) is 31.4 Å². The first-order valence-corrected chi connectivity index (χ1v) is 7.26. The summed E-state index contributed by atoms with van der Waals surface area (Å²) in [5.41, 5.74) is 12.6. The van der Waals surface area contributed by atoms with Gasteiger partial charge >= 0.3 is 0 Å². The summed E-state index contributed by atoms with van der Waals surface area (Å²) in [6.07, 6.45) is 0.647. The monoisotopic (exact) mass is 304 g/mol. The number of thiazole rings is 1. The fourth-order valence-electron chi connectivity index (χ4n) is 1.88. The molecule has 0 aliphatic heterocycles. The highest BCUT2D eigenvalue weighted by Gasteiger charge is 2.14. The molecule has 7 heteroatoms. The molecule has 0 atom stereocenters. The summed E-state index contributed by atoms with van der Waals surface area (Å²) >= 11 is 1.40. The molecular formula is C14H16N4O2S. The van der Waals surface area contributed by atoms with Gasteiger partial charge in [0.1, 0.15) is 5.69 Å². The molecule has 21 heavy (non-hydrogen) atoms. The Bertz CT molecular complexity index is 681. The van der Waals surface area contributed by atoms with Crippen molar-refractivity contribution in [2.45, 2.75) is 13.3 Å². The van der Waals surface area contributed by atoms with Gasteiger partial charge in [0, 0.05) is 23.1 Å². The van der Waals surface area contributed by atoms with Crippen LogP contribution in [-0.4, -0.2) is 23.3 Å². The first-order chi connectivity index (χ1) is 10.0. The minimum atomic E-state index is -0.525. The number of hydrogen-bond acceptors (Lipinski definition) is 5. The van der Waals surface area contributed by atoms with Crippen molar-refractivity contribution in [2.24, 2.45) is 11.5 Å². The summed E-state index contributed by atoms with van der Waals surface area (Å²) in [7, 11) is 0. The van der Waals surface area contributed by atoms with Crippen molar-refractivity contribution in [1.29, 1.82) is 0 Å². The number of nitrogens with two attached hydrogens (primary N) is 2. The smallest absolute Gasteiger partial charge is 0.275 e. The Morgan fingerprint density at radius 1 is 1.38 bits per heavy atom. The molecule has 0 radical (unpaired) electrons. The largest absolute Gasteiger partial charge is 0.366 e. The Kier molecular flexibility index (Phi) is 4.66. The highest BCUT2D eigenvalue weighted by atomic mass is 32.1. The van der Waals surface area contributed by atoms with Crippen LogP contribution in [0.25, 0.3) is 0 Å². The van der Waals surface area contributed by atoms with Crippen LogP contribution in [0, 0.1) is 6.92 Å². The zero-order valence-corrected chi connectivity index (χ0v) is 12.4. The number of benzene rings is 1. The molecule has 1 aromatic carbocycles. The number of nitrogens with one attached hydrogen (secondary N) is 1. The summed E-state index contributed by atoms with van der Waals surface area (Å²) in [5, 5.41) is 5.26. The third kappa shape index (κ3) is 3.45. The average molecular weight is 304 g/mol. The minimum absolute atomic E-state index is 0.320. The first-order valence-electron chi connectivity index (χ1n) is 6.38. The van der Waals surface area contributed by atoms with Gasteiger partial charge in [-0.3, -0.25) is 9.59 Å².